The van der Waals surface area contributed by atoms with Crippen LogP contribution in [0.15, 0.2) is 146 Å². The molecule has 0 spiro atoms. The number of carboxylic acids is 2. The number of aliphatic hydroxyl groups excluding tert-OH is 2. The first-order chi connectivity index (χ1) is 40.4. The minimum atomic E-state index is -1.69. The van der Waals surface area contributed by atoms with Crippen molar-refractivity contribution in [3.05, 3.63) is 199 Å². The SMILES string of the molecule is CC(C)(C)C1CC=C(c2ccc(N(Cc3ccc(C(=O)NCC(O)C(=O)O)cc3)C(=O)Nc3cc(Cl)cc(Cl)c3)cc2)CC1.CC1CCCC=C1c1ccc(N(Cc2ccc(C(=O)NCC(O)C(=O)O)cc2)C(=O)Nc2cc(Cl)cc(Cl)c2)cc1. The number of carbonyl (C=O) groups excluding carboxylic acids is 4. The molecule has 2 aliphatic carbocycles. The summed E-state index contributed by atoms with van der Waals surface area (Å²) >= 11 is 24.6. The van der Waals surface area contributed by atoms with E-state index in [-0.39, 0.29) is 29.6 Å². The Morgan fingerprint density at radius 2 is 0.976 bits per heavy atom. The first kappa shape index (κ1) is 64.9. The number of aliphatic hydroxyl groups is 2. The summed E-state index contributed by atoms with van der Waals surface area (Å²) in [5, 5.41) is 48.5. The summed E-state index contributed by atoms with van der Waals surface area (Å²) in [7, 11) is 0. The van der Waals surface area contributed by atoms with Gasteiger partial charge in [0.2, 0.25) is 0 Å². The minimum absolute atomic E-state index is 0.190. The van der Waals surface area contributed by atoms with Gasteiger partial charge < -0.3 is 41.7 Å². The smallest absolute Gasteiger partial charge is 0.334 e. The number of anilines is 4. The zero-order chi connectivity index (χ0) is 61.5. The van der Waals surface area contributed by atoms with Gasteiger partial charge in [-0.2, -0.15) is 0 Å². The molecule has 6 aromatic rings. The van der Waals surface area contributed by atoms with Gasteiger partial charge in [-0.05, 0) is 174 Å². The molecule has 0 fully saturated rings. The van der Waals surface area contributed by atoms with Crippen LogP contribution in [0, 0.1) is 17.3 Å². The molecule has 20 heteroatoms. The number of benzene rings is 6. The molecule has 8 rings (SSSR count). The molecule has 446 valence electrons. The van der Waals surface area contributed by atoms with Gasteiger partial charge in [-0.15, -0.1) is 0 Å². The van der Waals surface area contributed by atoms with Crippen LogP contribution in [-0.2, 0) is 22.7 Å². The van der Waals surface area contributed by atoms with Crippen molar-refractivity contribution in [1.82, 2.24) is 10.6 Å². The van der Waals surface area contributed by atoms with Crippen molar-refractivity contribution >= 4 is 116 Å². The van der Waals surface area contributed by atoms with E-state index in [2.05, 4.69) is 61.1 Å². The zero-order valence-electron chi connectivity index (χ0n) is 47.4. The van der Waals surface area contributed by atoms with E-state index < -0.39 is 61.1 Å². The Hall–Kier alpha value is -7.70. The summed E-state index contributed by atoms with van der Waals surface area (Å²) in [5.74, 6) is -2.76. The largest absolute Gasteiger partial charge is 0.479 e. The summed E-state index contributed by atoms with van der Waals surface area (Å²) < 4.78 is 0. The zero-order valence-corrected chi connectivity index (χ0v) is 50.4. The van der Waals surface area contributed by atoms with Crippen molar-refractivity contribution in [3.8, 4) is 0 Å². The second-order valence-electron chi connectivity index (χ2n) is 22.0. The second kappa shape index (κ2) is 29.9. The van der Waals surface area contributed by atoms with Crippen LogP contribution in [0.2, 0.25) is 20.1 Å². The fraction of sp³-hybridized carbons (Fsp3) is 0.292. The molecular formula is C65H68Cl4N6O10. The number of hydrogen-bond donors (Lipinski definition) is 8. The van der Waals surface area contributed by atoms with Crippen LogP contribution >= 0.6 is 46.4 Å². The molecule has 0 radical (unpaired) electrons. The second-order valence-corrected chi connectivity index (χ2v) is 23.8. The molecule has 85 heavy (non-hydrogen) atoms. The molecule has 0 bridgehead atoms. The molecule has 0 heterocycles. The monoisotopic (exact) mass is 1230 g/mol. The van der Waals surface area contributed by atoms with Crippen LogP contribution in [0.4, 0.5) is 32.3 Å². The van der Waals surface area contributed by atoms with Gasteiger partial charge in [0.25, 0.3) is 11.8 Å². The summed E-state index contributed by atoms with van der Waals surface area (Å²) in [4.78, 5) is 76.7. The van der Waals surface area contributed by atoms with Crippen LogP contribution in [0.1, 0.15) is 109 Å². The fourth-order valence-corrected chi connectivity index (χ4v) is 10.9. The van der Waals surface area contributed by atoms with Gasteiger partial charge in [-0.1, -0.05) is 135 Å². The van der Waals surface area contributed by atoms with Gasteiger partial charge >= 0.3 is 24.0 Å². The van der Waals surface area contributed by atoms with Crippen LogP contribution < -0.4 is 31.1 Å². The Kier molecular flexibility index (Phi) is 22.8. The van der Waals surface area contributed by atoms with Gasteiger partial charge in [0.05, 0.1) is 26.2 Å². The molecule has 0 aromatic heterocycles. The number of urea groups is 2. The van der Waals surface area contributed by atoms with Gasteiger partial charge in [0.1, 0.15) is 0 Å². The maximum Gasteiger partial charge on any atom is 0.334 e. The molecule has 2 aliphatic rings. The van der Waals surface area contributed by atoms with Gasteiger partial charge in [0, 0.05) is 54.0 Å². The summed E-state index contributed by atoms with van der Waals surface area (Å²) in [6, 6.07) is 37.8. The number of halogens is 4. The number of nitrogens with zero attached hydrogens (tertiary/aromatic N) is 2. The van der Waals surface area contributed by atoms with Gasteiger partial charge in [-0.25, -0.2) is 19.2 Å². The Labute approximate surface area is 514 Å². The summed E-state index contributed by atoms with van der Waals surface area (Å²) in [6.45, 7) is 8.65. The van der Waals surface area contributed by atoms with Crippen molar-refractivity contribution < 1.29 is 49.2 Å². The van der Waals surface area contributed by atoms with Crippen LogP contribution in [0.25, 0.3) is 11.1 Å². The Morgan fingerprint density at radius 3 is 1.34 bits per heavy atom. The minimum Gasteiger partial charge on any atom is -0.479 e. The Morgan fingerprint density at radius 1 is 0.565 bits per heavy atom. The van der Waals surface area contributed by atoms with Gasteiger partial charge in [0.15, 0.2) is 12.2 Å². The number of amides is 6. The maximum absolute atomic E-state index is 13.6. The quantitative estimate of drug-likeness (QED) is 0.0405. The lowest BCUT2D eigenvalue weighted by molar-refractivity contribution is -0.147. The van der Waals surface area contributed by atoms with E-state index in [0.29, 0.717) is 54.7 Å². The van der Waals surface area contributed by atoms with Crippen LogP contribution in [0.3, 0.4) is 0 Å². The number of nitrogens with one attached hydrogen (secondary N) is 4. The number of carboxylic acid groups (broad SMARTS) is 2. The van der Waals surface area contributed by atoms with Crippen molar-refractivity contribution in [2.45, 2.75) is 91.5 Å². The molecule has 0 aliphatic heterocycles. The van der Waals surface area contributed by atoms with Crippen molar-refractivity contribution in [1.29, 1.82) is 0 Å². The number of carbonyl (C=O) groups is 6. The van der Waals surface area contributed by atoms with E-state index in [1.165, 1.54) is 17.6 Å². The first-order valence-corrected chi connectivity index (χ1v) is 29.2. The first-order valence-electron chi connectivity index (χ1n) is 27.7. The van der Waals surface area contributed by atoms with E-state index in [4.69, 9.17) is 56.6 Å². The van der Waals surface area contributed by atoms with Crippen LogP contribution in [0.5, 0.6) is 0 Å². The highest BCUT2D eigenvalue weighted by Crippen LogP contribution is 2.40. The molecule has 4 atom stereocenters. The highest BCUT2D eigenvalue weighted by Gasteiger charge is 2.27. The normalized spacial score (nSPS) is 15.5. The molecule has 6 amide bonds. The predicted octanol–water partition coefficient (Wildman–Crippen LogP) is 14.2. The van der Waals surface area contributed by atoms with Crippen molar-refractivity contribution in [3.63, 3.8) is 0 Å². The third-order valence-electron chi connectivity index (χ3n) is 14.7. The van der Waals surface area contributed by atoms with E-state index in [1.54, 1.807) is 94.7 Å². The summed E-state index contributed by atoms with van der Waals surface area (Å²) in [6.07, 6.45) is 7.84. The standard InChI is InChI=1S/C34H37Cl2N3O5.C31H31Cl2N3O5/c1-34(2,3)25-12-8-22(9-13-25)23-10-14-29(15-11-23)39(33(44)38-28-17-26(35)16-27(36)18-28)20-21-4-6-24(7-5-21)31(41)37-19-30(40)32(42)43;1-19-4-2-3-5-27(19)21-10-12-26(13-11-21)36(31(41)35-25-15-23(32)14-24(33)16-25)18-20-6-8-22(9-7-20)29(38)34-17-28(37)30(39)40/h4-8,10-11,14-18,25,30,40H,9,12-13,19-20H2,1-3H3,(H,37,41)(H,38,44)(H,42,43);5-16,19,28,37H,2-4,17-18H2,1H3,(H,34,38)(H,35,41)(H,39,40). The van der Waals surface area contributed by atoms with Gasteiger partial charge in [-0.3, -0.25) is 19.4 Å². The molecule has 0 saturated carbocycles. The Bertz CT molecular complexity index is 3390. The van der Waals surface area contributed by atoms with Crippen molar-refractivity contribution in [2.24, 2.45) is 17.3 Å². The van der Waals surface area contributed by atoms with Crippen molar-refractivity contribution in [2.75, 3.05) is 33.5 Å². The highest BCUT2D eigenvalue weighted by atomic mass is 35.5. The lowest BCUT2D eigenvalue weighted by atomic mass is 9.72. The average Bonchev–Trinajstić information content (AvgIpc) is 3.53. The van der Waals surface area contributed by atoms with E-state index >= 15 is 0 Å². The lowest BCUT2D eigenvalue weighted by Crippen LogP contribution is -2.36. The number of rotatable bonds is 18. The summed E-state index contributed by atoms with van der Waals surface area (Å²) in [5.41, 5.74) is 9.48. The third-order valence-corrected chi connectivity index (χ3v) is 15.6. The number of hydrogen-bond acceptors (Lipinski definition) is 8. The van der Waals surface area contributed by atoms with E-state index in [0.717, 1.165) is 54.4 Å². The number of allylic oxidation sites excluding steroid dienone is 4. The Balaban J connectivity index is 0.000000244. The molecule has 8 N–H and O–H groups in total. The highest BCUT2D eigenvalue weighted by molar-refractivity contribution is 6.35. The molecule has 4 unspecified atom stereocenters. The molecular weight excluding hydrogens is 1170 g/mol. The van der Waals surface area contributed by atoms with E-state index in [9.17, 15) is 39.0 Å². The number of aliphatic carboxylic acids is 2. The molecule has 16 nitrogen and oxygen atoms in total. The lowest BCUT2D eigenvalue weighted by Gasteiger charge is -2.33. The molecule has 0 saturated heterocycles. The fourth-order valence-electron chi connectivity index (χ4n) is 9.85. The molecule has 6 aromatic carbocycles. The van der Waals surface area contributed by atoms with Crippen LogP contribution in [-0.4, -0.2) is 81.5 Å². The third kappa shape index (κ3) is 18.9. The maximum atomic E-state index is 13.6. The predicted molar refractivity (Wildman–Crippen MR) is 337 cm³/mol. The topological polar surface area (TPSA) is 238 Å². The van der Waals surface area contributed by atoms with E-state index in [1.807, 2.05) is 48.5 Å². The average molecular weight is 1240 g/mol.